The second-order valence-corrected chi connectivity index (χ2v) is 6.82. The van der Waals surface area contributed by atoms with Gasteiger partial charge in [0, 0.05) is 6.54 Å². The first-order valence-electron chi connectivity index (χ1n) is 9.29. The first-order valence-corrected chi connectivity index (χ1v) is 9.29. The number of nitrogens with zero attached hydrogens (tertiary/aromatic N) is 1. The molecule has 4 rings (SSSR count). The molecule has 0 aliphatic carbocycles. The fourth-order valence-corrected chi connectivity index (χ4v) is 3.72. The summed E-state index contributed by atoms with van der Waals surface area (Å²) in [5.74, 6) is 1.58. The largest absolute Gasteiger partial charge is 0.497 e. The number of likely N-dealkylation sites (tertiary alicyclic amines) is 1. The van der Waals surface area contributed by atoms with Gasteiger partial charge >= 0.3 is 0 Å². The zero-order valence-corrected chi connectivity index (χ0v) is 15.4. The molecule has 1 heterocycles. The zero-order chi connectivity index (χ0) is 18.6. The van der Waals surface area contributed by atoms with E-state index in [2.05, 4.69) is 6.07 Å². The van der Waals surface area contributed by atoms with Gasteiger partial charge in [0.25, 0.3) is 5.91 Å². The van der Waals surface area contributed by atoms with E-state index in [9.17, 15) is 4.79 Å². The van der Waals surface area contributed by atoms with Crippen LogP contribution < -0.4 is 9.47 Å². The molecule has 1 fully saturated rings. The van der Waals surface area contributed by atoms with E-state index in [1.807, 2.05) is 65.6 Å². The molecule has 3 aromatic rings. The Morgan fingerprint density at radius 1 is 1.00 bits per heavy atom. The lowest BCUT2D eigenvalue weighted by molar-refractivity contribution is -0.134. The van der Waals surface area contributed by atoms with Crippen molar-refractivity contribution >= 4 is 16.7 Å². The second kappa shape index (κ2) is 7.70. The summed E-state index contributed by atoms with van der Waals surface area (Å²) in [6, 6.07) is 22.1. The summed E-state index contributed by atoms with van der Waals surface area (Å²) in [5.41, 5.74) is 1.15. The van der Waals surface area contributed by atoms with Gasteiger partial charge in [-0.1, -0.05) is 42.5 Å². The van der Waals surface area contributed by atoms with E-state index in [1.165, 1.54) is 0 Å². The topological polar surface area (TPSA) is 38.8 Å². The van der Waals surface area contributed by atoms with Crippen molar-refractivity contribution in [2.24, 2.45) is 0 Å². The van der Waals surface area contributed by atoms with Gasteiger partial charge in [-0.25, -0.2) is 0 Å². The van der Waals surface area contributed by atoms with E-state index in [1.54, 1.807) is 7.11 Å². The maximum atomic E-state index is 12.8. The highest BCUT2D eigenvalue weighted by Crippen LogP contribution is 2.33. The SMILES string of the molecule is COc1ccc([C@H]2CCCN2C(=O)COc2ccc3ccccc3c2)cc1. The van der Waals surface area contributed by atoms with Gasteiger partial charge in [0.05, 0.1) is 13.2 Å². The highest BCUT2D eigenvalue weighted by atomic mass is 16.5. The molecule has 138 valence electrons. The summed E-state index contributed by atoms with van der Waals surface area (Å²) in [6.45, 7) is 0.835. The molecule has 3 aromatic carbocycles. The molecule has 0 N–H and O–H groups in total. The van der Waals surface area contributed by atoms with Crippen LogP contribution in [0.25, 0.3) is 10.8 Å². The van der Waals surface area contributed by atoms with Gasteiger partial charge in [-0.15, -0.1) is 0 Å². The molecule has 27 heavy (non-hydrogen) atoms. The molecule has 1 amide bonds. The first kappa shape index (κ1) is 17.4. The molecule has 0 aromatic heterocycles. The van der Waals surface area contributed by atoms with Crippen LogP contribution in [0.3, 0.4) is 0 Å². The summed E-state index contributed by atoms with van der Waals surface area (Å²) in [7, 11) is 1.66. The lowest BCUT2D eigenvalue weighted by atomic mass is 10.0. The zero-order valence-electron chi connectivity index (χ0n) is 15.4. The van der Waals surface area contributed by atoms with Gasteiger partial charge in [0.1, 0.15) is 11.5 Å². The van der Waals surface area contributed by atoms with Crippen LogP contribution in [0.4, 0.5) is 0 Å². The van der Waals surface area contributed by atoms with E-state index >= 15 is 0 Å². The van der Waals surface area contributed by atoms with Gasteiger partial charge in [0.15, 0.2) is 6.61 Å². The molecule has 0 bridgehead atoms. The quantitative estimate of drug-likeness (QED) is 0.667. The molecule has 0 radical (unpaired) electrons. The van der Waals surface area contributed by atoms with Crippen molar-refractivity contribution in [1.82, 2.24) is 4.90 Å². The molecule has 1 saturated heterocycles. The Morgan fingerprint density at radius 2 is 1.74 bits per heavy atom. The van der Waals surface area contributed by atoms with Gasteiger partial charge in [0.2, 0.25) is 0 Å². The number of amides is 1. The maximum Gasteiger partial charge on any atom is 0.261 e. The molecular formula is C23H23NO3. The fourth-order valence-electron chi connectivity index (χ4n) is 3.72. The molecule has 4 heteroatoms. The number of hydrogen-bond acceptors (Lipinski definition) is 3. The normalized spacial score (nSPS) is 16.5. The molecule has 0 spiro atoms. The van der Waals surface area contributed by atoms with Gasteiger partial charge in [-0.2, -0.15) is 0 Å². The molecule has 0 unspecified atom stereocenters. The second-order valence-electron chi connectivity index (χ2n) is 6.82. The van der Waals surface area contributed by atoms with E-state index in [0.29, 0.717) is 0 Å². The van der Waals surface area contributed by atoms with Crippen molar-refractivity contribution in [3.05, 3.63) is 72.3 Å². The summed E-state index contributed by atoms with van der Waals surface area (Å²) < 4.78 is 11.0. The van der Waals surface area contributed by atoms with Crippen LogP contribution >= 0.6 is 0 Å². The molecule has 1 aliphatic rings. The van der Waals surface area contributed by atoms with Crippen LogP contribution in [0.2, 0.25) is 0 Å². The third kappa shape index (κ3) is 3.75. The maximum absolute atomic E-state index is 12.8. The van der Waals surface area contributed by atoms with E-state index in [4.69, 9.17) is 9.47 Å². The number of benzene rings is 3. The molecule has 4 nitrogen and oxygen atoms in total. The third-order valence-electron chi connectivity index (χ3n) is 5.16. The average molecular weight is 361 g/mol. The monoisotopic (exact) mass is 361 g/mol. The van der Waals surface area contributed by atoms with Crippen LogP contribution in [0.5, 0.6) is 11.5 Å². The molecular weight excluding hydrogens is 338 g/mol. The molecule has 0 saturated carbocycles. The Kier molecular flexibility index (Phi) is 4.97. The van der Waals surface area contributed by atoms with Crippen molar-refractivity contribution in [2.45, 2.75) is 18.9 Å². The Morgan fingerprint density at radius 3 is 2.52 bits per heavy atom. The fraction of sp³-hybridized carbons (Fsp3) is 0.261. The van der Waals surface area contributed by atoms with Crippen LogP contribution in [0, 0.1) is 0 Å². The smallest absolute Gasteiger partial charge is 0.261 e. The highest BCUT2D eigenvalue weighted by molar-refractivity contribution is 5.84. The first-order chi connectivity index (χ1) is 13.2. The van der Waals surface area contributed by atoms with E-state index < -0.39 is 0 Å². The average Bonchev–Trinajstić information content (AvgIpc) is 3.22. The summed E-state index contributed by atoms with van der Waals surface area (Å²) >= 11 is 0. The Hall–Kier alpha value is -3.01. The number of hydrogen-bond donors (Lipinski definition) is 0. The van der Waals surface area contributed by atoms with Crippen molar-refractivity contribution in [3.8, 4) is 11.5 Å². The molecule has 1 aliphatic heterocycles. The van der Waals surface area contributed by atoms with Gasteiger partial charge < -0.3 is 14.4 Å². The van der Waals surface area contributed by atoms with Crippen LogP contribution in [-0.4, -0.2) is 31.1 Å². The van der Waals surface area contributed by atoms with Crippen LogP contribution in [0.15, 0.2) is 66.7 Å². The van der Waals surface area contributed by atoms with E-state index in [0.717, 1.165) is 47.2 Å². The number of carbonyl (C=O) groups is 1. The van der Waals surface area contributed by atoms with E-state index in [-0.39, 0.29) is 18.6 Å². The Bertz CT molecular complexity index is 936. The number of rotatable bonds is 5. The minimum absolute atomic E-state index is 0.0291. The molecule has 1 atom stereocenters. The number of ether oxygens (including phenoxy) is 2. The van der Waals surface area contributed by atoms with Crippen LogP contribution in [0.1, 0.15) is 24.4 Å². The van der Waals surface area contributed by atoms with Crippen LogP contribution in [-0.2, 0) is 4.79 Å². The number of fused-ring (bicyclic) bond motifs is 1. The predicted octanol–water partition coefficient (Wildman–Crippen LogP) is 4.59. The van der Waals surface area contributed by atoms with Gasteiger partial charge in [-0.05, 0) is 53.4 Å². The van der Waals surface area contributed by atoms with Crippen molar-refractivity contribution in [3.63, 3.8) is 0 Å². The Labute approximate surface area is 159 Å². The van der Waals surface area contributed by atoms with Crippen molar-refractivity contribution < 1.29 is 14.3 Å². The minimum Gasteiger partial charge on any atom is -0.497 e. The van der Waals surface area contributed by atoms with Crippen molar-refractivity contribution in [1.29, 1.82) is 0 Å². The van der Waals surface area contributed by atoms with Crippen molar-refractivity contribution in [2.75, 3.05) is 20.3 Å². The lowest BCUT2D eigenvalue weighted by Gasteiger charge is -2.25. The third-order valence-corrected chi connectivity index (χ3v) is 5.16. The number of carbonyl (C=O) groups excluding carboxylic acids is 1. The predicted molar refractivity (Wildman–Crippen MR) is 106 cm³/mol. The summed E-state index contributed by atoms with van der Waals surface area (Å²) in [5, 5.41) is 2.27. The standard InChI is InChI=1S/C23H23NO3/c1-26-20-11-9-18(10-12-20)22-7-4-14-24(22)23(25)16-27-21-13-8-17-5-2-3-6-19(17)15-21/h2-3,5-6,8-13,15,22H,4,7,14,16H2,1H3/t22-/m1/s1. The Balaban J connectivity index is 1.43. The highest BCUT2D eigenvalue weighted by Gasteiger charge is 2.30. The lowest BCUT2D eigenvalue weighted by Crippen LogP contribution is -2.34. The summed E-state index contributed by atoms with van der Waals surface area (Å²) in [6.07, 6.45) is 1.99. The van der Waals surface area contributed by atoms with Gasteiger partial charge in [-0.3, -0.25) is 4.79 Å². The number of methoxy groups -OCH3 is 1. The minimum atomic E-state index is 0.0291. The summed E-state index contributed by atoms with van der Waals surface area (Å²) in [4.78, 5) is 14.7.